The Hall–Kier alpha value is -2.54. The first-order valence-electron chi connectivity index (χ1n) is 8.08. The molecule has 1 saturated heterocycles. The molecule has 1 heterocycles. The molecule has 1 aliphatic heterocycles. The molecule has 1 amide bonds. The zero-order valence-electron chi connectivity index (χ0n) is 14.4. The van der Waals surface area contributed by atoms with Crippen LogP contribution in [0, 0.1) is 0 Å². The van der Waals surface area contributed by atoms with Crippen molar-refractivity contribution in [3.63, 3.8) is 0 Å². The zero-order chi connectivity index (χ0) is 18.1. The van der Waals surface area contributed by atoms with E-state index in [9.17, 15) is 9.59 Å². The summed E-state index contributed by atoms with van der Waals surface area (Å²) in [5, 5.41) is 2.69. The van der Waals surface area contributed by atoms with Crippen LogP contribution >= 0.6 is 0 Å². The zero-order valence-corrected chi connectivity index (χ0v) is 14.4. The molecule has 0 saturated carbocycles. The average molecular weight is 349 g/mol. The van der Waals surface area contributed by atoms with Crippen LogP contribution in [0.1, 0.15) is 18.4 Å². The first-order chi connectivity index (χ1) is 12.1. The van der Waals surface area contributed by atoms with Gasteiger partial charge in [-0.3, -0.25) is 4.79 Å². The third-order valence-corrected chi connectivity index (χ3v) is 3.73. The van der Waals surface area contributed by atoms with Gasteiger partial charge in [0.25, 0.3) is 5.91 Å². The quantitative estimate of drug-likeness (QED) is 0.566. The lowest BCUT2D eigenvalue weighted by molar-refractivity contribution is -0.143. The number of ether oxygens (including phenoxy) is 4. The van der Waals surface area contributed by atoms with Crippen molar-refractivity contribution in [1.29, 1.82) is 0 Å². The van der Waals surface area contributed by atoms with Crippen LogP contribution < -0.4 is 14.8 Å². The van der Waals surface area contributed by atoms with Crippen LogP contribution in [-0.2, 0) is 19.1 Å². The van der Waals surface area contributed by atoms with Gasteiger partial charge in [0, 0.05) is 24.8 Å². The Kier molecular flexibility index (Phi) is 7.28. The SMILES string of the molecule is COc1cccc(/C=C/C(=O)OCC(=O)NC[C@H]2CCCO2)c1OC. The molecule has 1 fully saturated rings. The van der Waals surface area contributed by atoms with E-state index in [-0.39, 0.29) is 18.6 Å². The lowest BCUT2D eigenvalue weighted by Crippen LogP contribution is -2.34. The number of amides is 1. The van der Waals surface area contributed by atoms with Crippen molar-refractivity contribution >= 4 is 18.0 Å². The van der Waals surface area contributed by atoms with Gasteiger partial charge in [-0.25, -0.2) is 4.79 Å². The Bertz CT molecular complexity index is 622. The summed E-state index contributed by atoms with van der Waals surface area (Å²) in [4.78, 5) is 23.4. The minimum atomic E-state index is -0.614. The van der Waals surface area contributed by atoms with Crippen LogP contribution in [0.4, 0.5) is 0 Å². The van der Waals surface area contributed by atoms with E-state index in [1.807, 2.05) is 0 Å². The predicted molar refractivity (Wildman–Crippen MR) is 91.5 cm³/mol. The number of methoxy groups -OCH3 is 2. The Morgan fingerprint density at radius 3 is 2.84 bits per heavy atom. The molecule has 0 radical (unpaired) electrons. The van der Waals surface area contributed by atoms with Gasteiger partial charge in [0.15, 0.2) is 18.1 Å². The van der Waals surface area contributed by atoms with Crippen molar-refractivity contribution in [3.05, 3.63) is 29.8 Å². The molecule has 136 valence electrons. The van der Waals surface area contributed by atoms with Gasteiger partial charge in [-0.15, -0.1) is 0 Å². The standard InChI is InChI=1S/C18H23NO6/c1-22-15-7-3-5-13(18(15)23-2)8-9-17(21)25-12-16(20)19-11-14-6-4-10-24-14/h3,5,7-9,14H,4,6,10-12H2,1-2H3,(H,19,20)/b9-8+/t14-/m1/s1. The fourth-order valence-electron chi connectivity index (χ4n) is 2.47. The van der Waals surface area contributed by atoms with E-state index in [0.29, 0.717) is 23.6 Å². The van der Waals surface area contributed by atoms with Gasteiger partial charge in [0.05, 0.1) is 20.3 Å². The van der Waals surface area contributed by atoms with Crippen LogP contribution in [0.25, 0.3) is 6.08 Å². The third kappa shape index (κ3) is 5.79. The predicted octanol–water partition coefficient (Wildman–Crippen LogP) is 1.56. The van der Waals surface area contributed by atoms with Crippen molar-refractivity contribution in [2.75, 3.05) is 34.0 Å². The largest absolute Gasteiger partial charge is 0.493 e. The number of nitrogens with one attached hydrogen (secondary N) is 1. The monoisotopic (exact) mass is 349 g/mol. The minimum absolute atomic E-state index is 0.0556. The average Bonchev–Trinajstić information content (AvgIpc) is 3.16. The maximum absolute atomic E-state index is 11.7. The molecule has 1 aromatic rings. The van der Waals surface area contributed by atoms with Crippen LogP contribution in [0.3, 0.4) is 0 Å². The van der Waals surface area contributed by atoms with Gasteiger partial charge >= 0.3 is 5.97 Å². The third-order valence-electron chi connectivity index (χ3n) is 3.73. The number of para-hydroxylation sites is 1. The van der Waals surface area contributed by atoms with Gasteiger partial charge in [-0.1, -0.05) is 12.1 Å². The Balaban J connectivity index is 1.79. The smallest absolute Gasteiger partial charge is 0.331 e. The molecule has 1 N–H and O–H groups in total. The molecule has 0 aromatic heterocycles. The maximum Gasteiger partial charge on any atom is 0.331 e. The first-order valence-corrected chi connectivity index (χ1v) is 8.08. The fraction of sp³-hybridized carbons (Fsp3) is 0.444. The number of esters is 1. The van der Waals surface area contributed by atoms with Crippen molar-refractivity contribution in [2.24, 2.45) is 0 Å². The summed E-state index contributed by atoms with van der Waals surface area (Å²) >= 11 is 0. The molecule has 0 bridgehead atoms. The molecule has 7 heteroatoms. The van der Waals surface area contributed by atoms with E-state index in [0.717, 1.165) is 19.4 Å². The number of benzene rings is 1. The second kappa shape index (κ2) is 9.68. The van der Waals surface area contributed by atoms with Gasteiger partial charge in [0.2, 0.25) is 0 Å². The molecule has 2 rings (SSSR count). The van der Waals surface area contributed by atoms with Crippen LogP contribution in [0.15, 0.2) is 24.3 Å². The van der Waals surface area contributed by atoms with Crippen LogP contribution in [-0.4, -0.2) is 52.0 Å². The molecule has 1 aromatic carbocycles. The van der Waals surface area contributed by atoms with Crippen molar-refractivity contribution in [3.8, 4) is 11.5 Å². The fourth-order valence-corrected chi connectivity index (χ4v) is 2.47. The minimum Gasteiger partial charge on any atom is -0.493 e. The topological polar surface area (TPSA) is 83.1 Å². The van der Waals surface area contributed by atoms with Gasteiger partial charge < -0.3 is 24.3 Å². The number of hydrogen-bond acceptors (Lipinski definition) is 6. The number of carbonyl (C=O) groups is 2. The number of hydrogen-bond donors (Lipinski definition) is 1. The molecular weight excluding hydrogens is 326 g/mol. The van der Waals surface area contributed by atoms with Gasteiger partial charge in [0.1, 0.15) is 0 Å². The summed E-state index contributed by atoms with van der Waals surface area (Å²) in [6.45, 7) is 0.840. The second-order valence-electron chi connectivity index (χ2n) is 5.46. The van der Waals surface area contributed by atoms with Crippen LogP contribution in [0.2, 0.25) is 0 Å². The molecule has 7 nitrogen and oxygen atoms in total. The lowest BCUT2D eigenvalue weighted by atomic mass is 10.1. The lowest BCUT2D eigenvalue weighted by Gasteiger charge is -2.10. The Labute approximate surface area is 146 Å². The highest BCUT2D eigenvalue weighted by molar-refractivity contribution is 5.89. The highest BCUT2D eigenvalue weighted by Gasteiger charge is 2.16. The Morgan fingerprint density at radius 1 is 1.32 bits per heavy atom. The molecule has 0 spiro atoms. The van der Waals surface area contributed by atoms with Crippen molar-refractivity contribution in [1.82, 2.24) is 5.32 Å². The first kappa shape index (κ1) is 18.8. The van der Waals surface area contributed by atoms with E-state index in [1.165, 1.54) is 20.3 Å². The van der Waals surface area contributed by atoms with Crippen LogP contribution in [0.5, 0.6) is 11.5 Å². The molecule has 1 atom stereocenters. The van der Waals surface area contributed by atoms with Gasteiger partial charge in [-0.2, -0.15) is 0 Å². The number of carbonyl (C=O) groups excluding carboxylic acids is 2. The highest BCUT2D eigenvalue weighted by atomic mass is 16.5. The van der Waals surface area contributed by atoms with E-state index >= 15 is 0 Å². The molecular formula is C18H23NO6. The summed E-state index contributed by atoms with van der Waals surface area (Å²) in [7, 11) is 3.06. The summed E-state index contributed by atoms with van der Waals surface area (Å²) in [5.41, 5.74) is 0.668. The normalized spacial score (nSPS) is 16.6. The molecule has 25 heavy (non-hydrogen) atoms. The van der Waals surface area contributed by atoms with Gasteiger partial charge in [-0.05, 0) is 25.0 Å². The molecule has 0 aliphatic carbocycles. The second-order valence-corrected chi connectivity index (χ2v) is 5.46. The Morgan fingerprint density at radius 2 is 2.16 bits per heavy atom. The molecule has 1 aliphatic rings. The maximum atomic E-state index is 11.7. The summed E-state index contributed by atoms with van der Waals surface area (Å²) in [6, 6.07) is 5.32. The van der Waals surface area contributed by atoms with E-state index in [2.05, 4.69) is 5.32 Å². The van der Waals surface area contributed by atoms with Crippen molar-refractivity contribution < 1.29 is 28.5 Å². The summed E-state index contributed by atoms with van der Waals surface area (Å²) in [5.74, 6) is 0.114. The van der Waals surface area contributed by atoms with E-state index < -0.39 is 5.97 Å². The van der Waals surface area contributed by atoms with E-state index in [1.54, 1.807) is 24.3 Å². The molecule has 0 unspecified atom stereocenters. The number of rotatable bonds is 8. The van der Waals surface area contributed by atoms with E-state index in [4.69, 9.17) is 18.9 Å². The van der Waals surface area contributed by atoms with Crippen molar-refractivity contribution in [2.45, 2.75) is 18.9 Å². The summed E-state index contributed by atoms with van der Waals surface area (Å²) < 4.78 is 20.8. The summed E-state index contributed by atoms with van der Waals surface area (Å²) in [6.07, 6.45) is 4.79. The highest BCUT2D eigenvalue weighted by Crippen LogP contribution is 2.31.